The van der Waals surface area contributed by atoms with E-state index in [2.05, 4.69) is 10.6 Å². The van der Waals surface area contributed by atoms with E-state index in [0.717, 1.165) is 68.9 Å². The fourth-order valence-electron chi connectivity index (χ4n) is 3.99. The van der Waals surface area contributed by atoms with Gasteiger partial charge in [0.05, 0.1) is 6.42 Å². The monoisotopic (exact) mass is 430 g/mol. The number of thioether (sulfide) groups is 1. The lowest BCUT2D eigenvalue weighted by Crippen LogP contribution is -2.47. The van der Waals surface area contributed by atoms with Crippen molar-refractivity contribution in [3.8, 4) is 0 Å². The zero-order valence-electron chi connectivity index (χ0n) is 17.3. The van der Waals surface area contributed by atoms with E-state index in [1.54, 1.807) is 0 Å². The molecule has 1 aliphatic carbocycles. The quantitative estimate of drug-likeness (QED) is 0.751. The minimum absolute atomic E-state index is 0.0906. The van der Waals surface area contributed by atoms with E-state index in [4.69, 9.17) is 0 Å². The highest BCUT2D eigenvalue weighted by molar-refractivity contribution is 7.99. The van der Waals surface area contributed by atoms with Crippen LogP contribution >= 0.6 is 11.8 Å². The van der Waals surface area contributed by atoms with E-state index >= 15 is 0 Å². The van der Waals surface area contributed by atoms with Crippen LogP contribution in [0.15, 0.2) is 24.3 Å². The molecule has 3 aliphatic rings. The van der Waals surface area contributed by atoms with Gasteiger partial charge in [0, 0.05) is 55.3 Å². The molecule has 1 aromatic carbocycles. The molecule has 4 amide bonds. The number of nitrogens with one attached hydrogen (secondary N) is 2. The number of benzene rings is 1. The average Bonchev–Trinajstić information content (AvgIpc) is 3.61. The van der Waals surface area contributed by atoms with Crippen molar-refractivity contribution >= 4 is 35.3 Å². The van der Waals surface area contributed by atoms with Gasteiger partial charge in [-0.1, -0.05) is 12.1 Å². The maximum atomic E-state index is 12.4. The molecule has 8 heteroatoms. The third-order valence-electron chi connectivity index (χ3n) is 6.00. The summed E-state index contributed by atoms with van der Waals surface area (Å²) in [6.07, 6.45) is 4.05. The first-order valence-electron chi connectivity index (χ1n) is 10.9. The number of hydrogen-bond donors (Lipinski definition) is 2. The van der Waals surface area contributed by atoms with Crippen LogP contribution < -0.4 is 10.6 Å². The Balaban J connectivity index is 1.19. The van der Waals surface area contributed by atoms with Crippen molar-refractivity contribution in [1.29, 1.82) is 0 Å². The van der Waals surface area contributed by atoms with Crippen molar-refractivity contribution in [1.82, 2.24) is 15.1 Å². The van der Waals surface area contributed by atoms with Crippen molar-refractivity contribution in [3.05, 3.63) is 29.8 Å². The number of nitrogens with zero attached hydrogens (tertiary/aromatic N) is 2. The average molecular weight is 431 g/mol. The van der Waals surface area contributed by atoms with Crippen LogP contribution in [0.1, 0.15) is 31.2 Å². The first-order valence-corrected chi connectivity index (χ1v) is 12.0. The molecule has 2 N–H and O–H groups in total. The van der Waals surface area contributed by atoms with E-state index in [0.29, 0.717) is 12.1 Å². The first-order chi connectivity index (χ1) is 14.6. The fraction of sp³-hybridized carbons (Fsp3) is 0.591. The van der Waals surface area contributed by atoms with Crippen molar-refractivity contribution in [3.63, 3.8) is 0 Å². The van der Waals surface area contributed by atoms with Gasteiger partial charge >= 0.3 is 6.03 Å². The lowest BCUT2D eigenvalue weighted by atomic mass is 10.0. The summed E-state index contributed by atoms with van der Waals surface area (Å²) in [5.41, 5.74) is 1.66. The second kappa shape index (κ2) is 9.73. The van der Waals surface area contributed by atoms with Gasteiger partial charge in [-0.3, -0.25) is 9.59 Å². The van der Waals surface area contributed by atoms with Crippen molar-refractivity contribution in [2.45, 2.75) is 38.1 Å². The highest BCUT2D eigenvalue weighted by atomic mass is 32.2. The molecule has 0 atom stereocenters. The number of urea groups is 1. The molecule has 30 heavy (non-hydrogen) atoms. The molecular weight excluding hydrogens is 400 g/mol. The Morgan fingerprint density at radius 3 is 2.20 bits per heavy atom. The van der Waals surface area contributed by atoms with Crippen molar-refractivity contribution in [2.24, 2.45) is 5.92 Å². The highest BCUT2D eigenvalue weighted by Crippen LogP contribution is 2.31. The first kappa shape index (κ1) is 21.0. The fourth-order valence-corrected chi connectivity index (χ4v) is 4.89. The van der Waals surface area contributed by atoms with Crippen LogP contribution in [0.3, 0.4) is 0 Å². The van der Waals surface area contributed by atoms with E-state index in [1.807, 2.05) is 45.8 Å². The summed E-state index contributed by atoms with van der Waals surface area (Å²) in [5.74, 6) is 2.74. The van der Waals surface area contributed by atoms with Crippen molar-refractivity contribution < 1.29 is 14.4 Å². The normalized spacial score (nSPS) is 20.0. The number of rotatable bonds is 5. The van der Waals surface area contributed by atoms with Gasteiger partial charge in [0.2, 0.25) is 11.8 Å². The Kier molecular flexibility index (Phi) is 6.82. The van der Waals surface area contributed by atoms with E-state index in [-0.39, 0.29) is 29.8 Å². The van der Waals surface area contributed by atoms with E-state index in [9.17, 15) is 14.4 Å². The number of anilines is 1. The zero-order chi connectivity index (χ0) is 20.9. The van der Waals surface area contributed by atoms with Gasteiger partial charge in [0.1, 0.15) is 0 Å². The highest BCUT2D eigenvalue weighted by Gasteiger charge is 2.35. The van der Waals surface area contributed by atoms with Crippen LogP contribution in [0.2, 0.25) is 0 Å². The number of piperidine rings is 1. The molecule has 1 saturated carbocycles. The summed E-state index contributed by atoms with van der Waals surface area (Å²) < 4.78 is 0. The molecule has 1 aromatic rings. The summed E-state index contributed by atoms with van der Waals surface area (Å²) in [4.78, 5) is 40.7. The molecular formula is C22H30N4O3S. The Hall–Kier alpha value is -2.22. The zero-order valence-corrected chi connectivity index (χ0v) is 18.1. The van der Waals surface area contributed by atoms with Gasteiger partial charge in [-0.2, -0.15) is 11.8 Å². The van der Waals surface area contributed by atoms with Crippen LogP contribution in [-0.2, 0) is 16.0 Å². The smallest absolute Gasteiger partial charge is 0.319 e. The Labute approximate surface area is 181 Å². The number of likely N-dealkylation sites (tertiary alicyclic amines) is 1. The largest absolute Gasteiger partial charge is 0.342 e. The second-order valence-electron chi connectivity index (χ2n) is 8.34. The minimum atomic E-state index is -0.225. The van der Waals surface area contributed by atoms with E-state index < -0.39 is 0 Å². The van der Waals surface area contributed by atoms with E-state index in [1.165, 1.54) is 0 Å². The molecule has 3 fully saturated rings. The predicted molar refractivity (Wildman–Crippen MR) is 119 cm³/mol. The summed E-state index contributed by atoms with van der Waals surface area (Å²) in [6.45, 7) is 3.10. The molecule has 2 aliphatic heterocycles. The van der Waals surface area contributed by atoms with Gasteiger partial charge in [0.15, 0.2) is 0 Å². The molecule has 0 spiro atoms. The molecule has 0 bridgehead atoms. The minimum Gasteiger partial charge on any atom is -0.342 e. The summed E-state index contributed by atoms with van der Waals surface area (Å²) in [5, 5.41) is 5.88. The van der Waals surface area contributed by atoms with Gasteiger partial charge < -0.3 is 20.4 Å². The lowest BCUT2D eigenvalue weighted by Gasteiger charge is -2.32. The van der Waals surface area contributed by atoms with Gasteiger partial charge in [-0.25, -0.2) is 4.79 Å². The van der Waals surface area contributed by atoms with Crippen LogP contribution in [-0.4, -0.2) is 71.4 Å². The summed E-state index contributed by atoms with van der Waals surface area (Å²) in [7, 11) is 0. The summed E-state index contributed by atoms with van der Waals surface area (Å²) >= 11 is 1.89. The summed E-state index contributed by atoms with van der Waals surface area (Å²) in [6, 6.07) is 7.34. The third-order valence-corrected chi connectivity index (χ3v) is 6.94. The number of carbonyl (C=O) groups excluding carboxylic acids is 3. The van der Waals surface area contributed by atoms with Crippen LogP contribution in [0, 0.1) is 5.92 Å². The number of amides is 4. The number of hydrogen-bond acceptors (Lipinski definition) is 4. The molecule has 2 saturated heterocycles. The SMILES string of the molecule is O=C(Nc1ccc(CC(=O)N2CCSCC2)cc1)NC1CCN(C(=O)C2CC2)CC1. The topological polar surface area (TPSA) is 81.8 Å². The van der Waals surface area contributed by atoms with Gasteiger partial charge in [-0.05, 0) is 43.4 Å². The Morgan fingerprint density at radius 1 is 0.900 bits per heavy atom. The molecule has 0 unspecified atom stereocenters. The third kappa shape index (κ3) is 5.68. The lowest BCUT2D eigenvalue weighted by molar-refractivity contribution is -0.133. The standard InChI is InChI=1S/C22H30N4O3S/c27-20(25-11-13-30-14-12-25)15-16-1-5-18(6-2-16)23-22(29)24-19-7-9-26(10-8-19)21(28)17-3-4-17/h1-2,5-6,17,19H,3-4,7-15H2,(H2,23,24,29). The van der Waals surface area contributed by atoms with Crippen molar-refractivity contribution in [2.75, 3.05) is 43.0 Å². The molecule has 4 rings (SSSR count). The molecule has 2 heterocycles. The maximum Gasteiger partial charge on any atom is 0.319 e. The van der Waals surface area contributed by atoms with Crippen LogP contribution in [0.5, 0.6) is 0 Å². The maximum absolute atomic E-state index is 12.4. The Morgan fingerprint density at radius 2 is 1.57 bits per heavy atom. The van der Waals surface area contributed by atoms with Crippen LogP contribution in [0.25, 0.3) is 0 Å². The molecule has 162 valence electrons. The number of carbonyl (C=O) groups is 3. The molecule has 0 radical (unpaired) electrons. The van der Waals surface area contributed by atoms with Gasteiger partial charge in [-0.15, -0.1) is 0 Å². The predicted octanol–water partition coefficient (Wildman–Crippen LogP) is 2.33. The second-order valence-corrected chi connectivity index (χ2v) is 9.56. The van der Waals surface area contributed by atoms with Crippen LogP contribution in [0.4, 0.5) is 10.5 Å². The molecule has 0 aromatic heterocycles. The van der Waals surface area contributed by atoms with Gasteiger partial charge in [0.25, 0.3) is 0 Å². The molecule has 7 nitrogen and oxygen atoms in total. The Bertz CT molecular complexity index is 767.